The third-order valence-electron chi connectivity index (χ3n) is 3.51. The van der Waals surface area contributed by atoms with Crippen LogP contribution in [0.2, 0.25) is 5.02 Å². The van der Waals surface area contributed by atoms with Crippen LogP contribution in [0.25, 0.3) is 10.9 Å². The van der Waals surface area contributed by atoms with E-state index in [0.717, 1.165) is 35.5 Å². The van der Waals surface area contributed by atoms with Crippen molar-refractivity contribution in [3.05, 3.63) is 29.4 Å². The van der Waals surface area contributed by atoms with E-state index in [-0.39, 0.29) is 5.91 Å². The average Bonchev–Trinajstić information content (AvgIpc) is 2.88. The summed E-state index contributed by atoms with van der Waals surface area (Å²) in [5.74, 6) is 2.31. The van der Waals surface area contributed by atoms with Crippen molar-refractivity contribution in [2.45, 2.75) is 13.0 Å². The molecule has 0 radical (unpaired) electrons. The van der Waals surface area contributed by atoms with Crippen LogP contribution >= 0.6 is 23.4 Å². The zero-order valence-electron chi connectivity index (χ0n) is 11.1. The topological polar surface area (TPSA) is 38.1 Å². The highest BCUT2D eigenvalue weighted by Crippen LogP contribution is 2.19. The van der Waals surface area contributed by atoms with E-state index in [0.29, 0.717) is 18.0 Å². The molecule has 0 aliphatic carbocycles. The Morgan fingerprint density at radius 1 is 1.35 bits per heavy atom. The normalized spacial score (nSPS) is 15.8. The summed E-state index contributed by atoms with van der Waals surface area (Å²) in [6, 6.07) is 5.70. The van der Waals surface area contributed by atoms with Crippen LogP contribution < -0.4 is 0 Å². The number of aryl methyl sites for hydroxylation is 1. The largest absolute Gasteiger partial charge is 0.341 e. The van der Waals surface area contributed by atoms with Gasteiger partial charge in [-0.1, -0.05) is 11.6 Å². The molecule has 1 fully saturated rings. The Kier molecular flexibility index (Phi) is 4.17. The molecule has 0 unspecified atom stereocenters. The van der Waals surface area contributed by atoms with Gasteiger partial charge in [0.2, 0.25) is 5.91 Å². The first-order chi connectivity index (χ1) is 9.74. The van der Waals surface area contributed by atoms with Gasteiger partial charge in [0.25, 0.3) is 0 Å². The Morgan fingerprint density at radius 3 is 2.95 bits per heavy atom. The lowest BCUT2D eigenvalue weighted by molar-refractivity contribution is -0.131. The van der Waals surface area contributed by atoms with Crippen molar-refractivity contribution < 1.29 is 4.79 Å². The fourth-order valence-corrected chi connectivity index (χ4v) is 3.46. The first kappa shape index (κ1) is 13.8. The molecule has 1 aliphatic rings. The van der Waals surface area contributed by atoms with Crippen LogP contribution in [-0.4, -0.2) is 45.2 Å². The summed E-state index contributed by atoms with van der Waals surface area (Å²) in [6.07, 6.45) is 2.31. The SMILES string of the molecule is O=C(CCn1ncc2ccc(Cl)cc21)N1CCSCC1. The number of fused-ring (bicyclic) bond motifs is 1. The lowest BCUT2D eigenvalue weighted by Gasteiger charge is -2.26. The van der Waals surface area contributed by atoms with Gasteiger partial charge in [0.05, 0.1) is 18.3 Å². The number of benzene rings is 1. The van der Waals surface area contributed by atoms with Gasteiger partial charge in [0, 0.05) is 41.4 Å². The molecular weight excluding hydrogens is 294 g/mol. The standard InChI is InChI=1S/C14H16ClN3OS/c15-12-2-1-11-10-16-18(13(11)9-12)4-3-14(19)17-5-7-20-8-6-17/h1-2,9-10H,3-8H2. The van der Waals surface area contributed by atoms with Crippen LogP contribution in [-0.2, 0) is 11.3 Å². The van der Waals surface area contributed by atoms with Gasteiger partial charge < -0.3 is 4.90 Å². The number of aromatic nitrogens is 2. The molecule has 2 aromatic rings. The molecule has 1 amide bonds. The van der Waals surface area contributed by atoms with Gasteiger partial charge in [-0.2, -0.15) is 16.9 Å². The first-order valence-corrected chi connectivity index (χ1v) is 8.24. The van der Waals surface area contributed by atoms with E-state index in [1.165, 1.54) is 0 Å². The van der Waals surface area contributed by atoms with E-state index < -0.39 is 0 Å². The number of hydrogen-bond donors (Lipinski definition) is 0. The molecule has 0 saturated carbocycles. The number of rotatable bonds is 3. The maximum absolute atomic E-state index is 12.1. The molecule has 3 rings (SSSR count). The monoisotopic (exact) mass is 309 g/mol. The summed E-state index contributed by atoms with van der Waals surface area (Å²) in [6.45, 7) is 2.34. The highest BCUT2D eigenvalue weighted by molar-refractivity contribution is 7.99. The number of thioether (sulfide) groups is 1. The second kappa shape index (κ2) is 6.06. The van der Waals surface area contributed by atoms with Gasteiger partial charge >= 0.3 is 0 Å². The number of amides is 1. The average molecular weight is 310 g/mol. The van der Waals surface area contributed by atoms with E-state index in [4.69, 9.17) is 11.6 Å². The zero-order valence-corrected chi connectivity index (χ0v) is 12.7. The van der Waals surface area contributed by atoms with E-state index >= 15 is 0 Å². The summed E-state index contributed by atoms with van der Waals surface area (Å²) in [5, 5.41) is 6.08. The summed E-state index contributed by atoms with van der Waals surface area (Å²) < 4.78 is 1.86. The van der Waals surface area contributed by atoms with Crippen molar-refractivity contribution in [1.29, 1.82) is 0 Å². The van der Waals surface area contributed by atoms with Crippen LogP contribution in [0, 0.1) is 0 Å². The molecule has 106 valence electrons. The third kappa shape index (κ3) is 2.94. The molecule has 4 nitrogen and oxygen atoms in total. The van der Waals surface area contributed by atoms with Gasteiger partial charge in [-0.25, -0.2) is 0 Å². The Balaban J connectivity index is 1.67. The predicted octanol–water partition coefficient (Wildman–Crippen LogP) is 2.66. The van der Waals surface area contributed by atoms with Crippen molar-refractivity contribution in [3.8, 4) is 0 Å². The molecule has 1 aromatic carbocycles. The lowest BCUT2D eigenvalue weighted by Crippen LogP contribution is -2.38. The Bertz CT molecular complexity index is 622. The summed E-state index contributed by atoms with van der Waals surface area (Å²) in [7, 11) is 0. The fraction of sp³-hybridized carbons (Fsp3) is 0.429. The number of halogens is 1. The van der Waals surface area contributed by atoms with Gasteiger partial charge in [0.1, 0.15) is 0 Å². The minimum Gasteiger partial charge on any atom is -0.341 e. The van der Waals surface area contributed by atoms with Gasteiger partial charge in [-0.05, 0) is 18.2 Å². The number of nitrogens with zero attached hydrogens (tertiary/aromatic N) is 3. The van der Waals surface area contributed by atoms with Crippen molar-refractivity contribution >= 4 is 40.2 Å². The van der Waals surface area contributed by atoms with E-state index in [9.17, 15) is 4.79 Å². The maximum Gasteiger partial charge on any atom is 0.224 e. The van der Waals surface area contributed by atoms with Crippen molar-refractivity contribution in [3.63, 3.8) is 0 Å². The van der Waals surface area contributed by atoms with E-state index in [1.807, 2.05) is 45.7 Å². The first-order valence-electron chi connectivity index (χ1n) is 6.70. The molecule has 1 aliphatic heterocycles. The van der Waals surface area contributed by atoms with E-state index in [1.54, 1.807) is 0 Å². The zero-order chi connectivity index (χ0) is 13.9. The predicted molar refractivity (Wildman–Crippen MR) is 83.3 cm³/mol. The van der Waals surface area contributed by atoms with Crippen LogP contribution in [0.4, 0.5) is 0 Å². The molecule has 1 aromatic heterocycles. The molecule has 0 N–H and O–H groups in total. The smallest absolute Gasteiger partial charge is 0.224 e. The highest BCUT2D eigenvalue weighted by atomic mass is 35.5. The number of carbonyl (C=O) groups excluding carboxylic acids is 1. The van der Waals surface area contributed by atoms with Crippen molar-refractivity contribution in [1.82, 2.24) is 14.7 Å². The second-order valence-corrected chi connectivity index (χ2v) is 6.48. The quantitative estimate of drug-likeness (QED) is 0.875. The summed E-state index contributed by atoms with van der Waals surface area (Å²) in [4.78, 5) is 14.1. The molecule has 1 saturated heterocycles. The number of hydrogen-bond acceptors (Lipinski definition) is 3. The molecule has 2 heterocycles. The van der Waals surface area contributed by atoms with Crippen molar-refractivity contribution in [2.24, 2.45) is 0 Å². The second-order valence-electron chi connectivity index (χ2n) is 4.81. The maximum atomic E-state index is 12.1. The van der Waals surface area contributed by atoms with Crippen LogP contribution in [0.15, 0.2) is 24.4 Å². The Labute approximate surface area is 127 Å². The van der Waals surface area contributed by atoms with Gasteiger partial charge in [-0.3, -0.25) is 9.48 Å². The highest BCUT2D eigenvalue weighted by Gasteiger charge is 2.16. The minimum absolute atomic E-state index is 0.218. The molecular formula is C14H16ClN3OS. The van der Waals surface area contributed by atoms with Gasteiger partial charge in [-0.15, -0.1) is 0 Å². The van der Waals surface area contributed by atoms with Crippen LogP contribution in [0.5, 0.6) is 0 Å². The summed E-state index contributed by atoms with van der Waals surface area (Å²) >= 11 is 7.92. The van der Waals surface area contributed by atoms with Crippen LogP contribution in [0.3, 0.4) is 0 Å². The molecule has 0 bridgehead atoms. The molecule has 6 heteroatoms. The lowest BCUT2D eigenvalue weighted by atomic mass is 10.2. The molecule has 20 heavy (non-hydrogen) atoms. The fourth-order valence-electron chi connectivity index (χ4n) is 2.39. The van der Waals surface area contributed by atoms with E-state index in [2.05, 4.69) is 5.10 Å². The minimum atomic E-state index is 0.218. The van der Waals surface area contributed by atoms with Gasteiger partial charge in [0.15, 0.2) is 0 Å². The molecule has 0 spiro atoms. The Hall–Kier alpha value is -1.20. The Morgan fingerprint density at radius 2 is 2.15 bits per heavy atom. The van der Waals surface area contributed by atoms with Crippen LogP contribution in [0.1, 0.15) is 6.42 Å². The van der Waals surface area contributed by atoms with Crippen molar-refractivity contribution in [2.75, 3.05) is 24.6 Å². The number of carbonyl (C=O) groups is 1. The summed E-state index contributed by atoms with van der Waals surface area (Å²) in [5.41, 5.74) is 0.986. The molecule has 0 atom stereocenters. The third-order valence-corrected chi connectivity index (χ3v) is 4.69.